The Hall–Kier alpha value is -1.63. The van der Waals surface area contributed by atoms with Crippen molar-refractivity contribution in [3.8, 4) is 0 Å². The molecule has 116 valence electrons. The normalized spacial score (nSPS) is 18.0. The van der Waals surface area contributed by atoms with Crippen LogP contribution in [0, 0.1) is 6.92 Å². The average Bonchev–Trinajstić information content (AvgIpc) is 2.90. The molecule has 0 aliphatic carbocycles. The Morgan fingerprint density at radius 2 is 2.24 bits per heavy atom. The van der Waals surface area contributed by atoms with Crippen LogP contribution >= 0.6 is 0 Å². The monoisotopic (exact) mass is 294 g/mol. The minimum atomic E-state index is -0.577. The summed E-state index contributed by atoms with van der Waals surface area (Å²) in [6, 6.07) is 3.63. The van der Waals surface area contributed by atoms with Crippen molar-refractivity contribution in [1.82, 2.24) is 10.2 Å². The quantitative estimate of drug-likeness (QED) is 0.743. The van der Waals surface area contributed by atoms with Crippen LogP contribution in [0.15, 0.2) is 22.6 Å². The van der Waals surface area contributed by atoms with Crippen LogP contribution in [0.2, 0.25) is 0 Å². The third-order valence-electron chi connectivity index (χ3n) is 3.24. The number of aliphatic hydroxyl groups is 1. The molecule has 2 rings (SSSR count). The van der Waals surface area contributed by atoms with E-state index in [-0.39, 0.29) is 12.5 Å². The molecule has 2 heterocycles. The lowest BCUT2D eigenvalue weighted by Crippen LogP contribution is -2.44. The van der Waals surface area contributed by atoms with Crippen molar-refractivity contribution < 1.29 is 19.1 Å². The van der Waals surface area contributed by atoms with Crippen molar-refractivity contribution in [2.75, 3.05) is 39.4 Å². The van der Waals surface area contributed by atoms with E-state index in [1.807, 2.05) is 13.0 Å². The van der Waals surface area contributed by atoms with Crippen molar-refractivity contribution >= 4 is 12.0 Å². The number of morpholine rings is 1. The number of aliphatic hydroxyl groups excluding tert-OH is 1. The van der Waals surface area contributed by atoms with Crippen molar-refractivity contribution in [2.45, 2.75) is 13.0 Å². The Bertz CT molecular complexity index is 478. The summed E-state index contributed by atoms with van der Waals surface area (Å²) in [5, 5.41) is 12.6. The summed E-state index contributed by atoms with van der Waals surface area (Å²) in [7, 11) is 0. The number of aryl methyl sites for hydroxylation is 1. The van der Waals surface area contributed by atoms with Gasteiger partial charge in [0.2, 0.25) is 5.91 Å². The molecular formula is C15H22N2O4. The van der Waals surface area contributed by atoms with Gasteiger partial charge in [-0.05, 0) is 25.1 Å². The fourth-order valence-electron chi connectivity index (χ4n) is 2.12. The third kappa shape index (κ3) is 5.71. The summed E-state index contributed by atoms with van der Waals surface area (Å²) in [6.07, 6.45) is 2.43. The van der Waals surface area contributed by atoms with E-state index in [0.717, 1.165) is 18.8 Å². The van der Waals surface area contributed by atoms with Crippen LogP contribution in [0.1, 0.15) is 11.5 Å². The highest BCUT2D eigenvalue weighted by Gasteiger charge is 2.14. The number of furan rings is 1. The molecule has 6 nitrogen and oxygen atoms in total. The first kappa shape index (κ1) is 15.8. The molecule has 0 saturated carbocycles. The van der Waals surface area contributed by atoms with Crippen molar-refractivity contribution in [3.05, 3.63) is 29.7 Å². The van der Waals surface area contributed by atoms with Gasteiger partial charge in [-0.15, -0.1) is 0 Å². The number of nitrogens with one attached hydrogen (secondary N) is 1. The van der Waals surface area contributed by atoms with Crippen molar-refractivity contribution in [1.29, 1.82) is 0 Å². The van der Waals surface area contributed by atoms with Gasteiger partial charge in [0.05, 0.1) is 19.3 Å². The summed E-state index contributed by atoms with van der Waals surface area (Å²) in [5.41, 5.74) is 0. The molecule has 0 radical (unpaired) electrons. The highest BCUT2D eigenvalue weighted by atomic mass is 16.5. The zero-order valence-electron chi connectivity index (χ0n) is 12.2. The first-order valence-corrected chi connectivity index (χ1v) is 7.14. The molecule has 1 saturated heterocycles. The number of hydrogen-bond donors (Lipinski definition) is 2. The van der Waals surface area contributed by atoms with Crippen LogP contribution in [-0.2, 0) is 9.53 Å². The number of rotatable bonds is 6. The smallest absolute Gasteiger partial charge is 0.244 e. The molecule has 1 aliphatic heterocycles. The standard InChI is InChI=1S/C15H22N2O4/c1-12-2-3-14(21-12)4-5-15(19)16-10-13(18)11-17-6-8-20-9-7-17/h2-5,13,18H,6-11H2,1H3,(H,16,19)/b5-4+. The van der Waals surface area contributed by atoms with Crippen molar-refractivity contribution in [3.63, 3.8) is 0 Å². The van der Waals surface area contributed by atoms with Crippen LogP contribution in [0.3, 0.4) is 0 Å². The Morgan fingerprint density at radius 1 is 1.48 bits per heavy atom. The predicted molar refractivity (Wildman–Crippen MR) is 78.8 cm³/mol. The van der Waals surface area contributed by atoms with Gasteiger partial charge in [0, 0.05) is 32.3 Å². The van der Waals surface area contributed by atoms with E-state index in [9.17, 15) is 9.90 Å². The number of amides is 1. The fraction of sp³-hybridized carbons (Fsp3) is 0.533. The average molecular weight is 294 g/mol. The second-order valence-electron chi connectivity index (χ2n) is 5.09. The number of nitrogens with zero attached hydrogens (tertiary/aromatic N) is 1. The zero-order chi connectivity index (χ0) is 15.1. The van der Waals surface area contributed by atoms with Gasteiger partial charge in [-0.2, -0.15) is 0 Å². The summed E-state index contributed by atoms with van der Waals surface area (Å²) in [5.74, 6) is 1.19. The first-order chi connectivity index (χ1) is 10.1. The fourth-order valence-corrected chi connectivity index (χ4v) is 2.12. The molecule has 1 fully saturated rings. The van der Waals surface area contributed by atoms with E-state index in [4.69, 9.17) is 9.15 Å². The summed E-state index contributed by atoms with van der Waals surface area (Å²) in [6.45, 7) is 5.67. The van der Waals surface area contributed by atoms with Crippen LogP contribution < -0.4 is 5.32 Å². The van der Waals surface area contributed by atoms with E-state index < -0.39 is 6.10 Å². The lowest BCUT2D eigenvalue weighted by molar-refractivity contribution is -0.117. The van der Waals surface area contributed by atoms with Gasteiger partial charge in [0.1, 0.15) is 11.5 Å². The third-order valence-corrected chi connectivity index (χ3v) is 3.24. The lowest BCUT2D eigenvalue weighted by Gasteiger charge is -2.28. The van der Waals surface area contributed by atoms with Gasteiger partial charge in [-0.1, -0.05) is 0 Å². The predicted octanol–water partition coefficient (Wildman–Crippen LogP) is 0.411. The Kier molecular flexibility index (Phi) is 5.98. The highest BCUT2D eigenvalue weighted by Crippen LogP contribution is 2.07. The van der Waals surface area contributed by atoms with E-state index in [0.29, 0.717) is 25.5 Å². The van der Waals surface area contributed by atoms with Gasteiger partial charge in [-0.3, -0.25) is 9.69 Å². The van der Waals surface area contributed by atoms with Gasteiger partial charge in [0.25, 0.3) is 0 Å². The van der Waals surface area contributed by atoms with Crippen molar-refractivity contribution in [2.24, 2.45) is 0 Å². The molecular weight excluding hydrogens is 272 g/mol. The SMILES string of the molecule is Cc1ccc(/C=C/C(=O)NCC(O)CN2CCOCC2)o1. The number of carbonyl (C=O) groups excluding carboxylic acids is 1. The molecule has 0 spiro atoms. The van der Waals surface area contributed by atoms with Crippen LogP contribution in [0.4, 0.5) is 0 Å². The molecule has 1 aromatic rings. The second-order valence-corrected chi connectivity index (χ2v) is 5.09. The lowest BCUT2D eigenvalue weighted by atomic mass is 10.3. The minimum Gasteiger partial charge on any atom is -0.462 e. The molecule has 1 unspecified atom stereocenters. The first-order valence-electron chi connectivity index (χ1n) is 7.14. The largest absolute Gasteiger partial charge is 0.462 e. The molecule has 2 N–H and O–H groups in total. The van der Waals surface area contributed by atoms with Crippen LogP contribution in [0.5, 0.6) is 0 Å². The number of β-amino-alcohol motifs (C(OH)–C–C–N with tert-alkyl or cyclic N) is 1. The molecule has 1 atom stereocenters. The molecule has 1 aliphatic rings. The zero-order valence-corrected chi connectivity index (χ0v) is 12.2. The Balaban J connectivity index is 1.66. The van der Waals surface area contributed by atoms with Gasteiger partial charge in [0.15, 0.2) is 0 Å². The van der Waals surface area contributed by atoms with E-state index in [1.165, 1.54) is 6.08 Å². The van der Waals surface area contributed by atoms with Crippen LogP contribution in [0.25, 0.3) is 6.08 Å². The van der Waals surface area contributed by atoms with E-state index in [1.54, 1.807) is 12.1 Å². The van der Waals surface area contributed by atoms with Crippen LogP contribution in [-0.4, -0.2) is 61.4 Å². The van der Waals surface area contributed by atoms with E-state index >= 15 is 0 Å². The van der Waals surface area contributed by atoms with Gasteiger partial charge >= 0.3 is 0 Å². The Morgan fingerprint density at radius 3 is 2.90 bits per heavy atom. The number of hydrogen-bond acceptors (Lipinski definition) is 5. The minimum absolute atomic E-state index is 0.234. The van der Waals surface area contributed by atoms with E-state index in [2.05, 4.69) is 10.2 Å². The molecule has 1 aromatic heterocycles. The molecule has 21 heavy (non-hydrogen) atoms. The van der Waals surface area contributed by atoms with Gasteiger partial charge < -0.3 is 19.6 Å². The van der Waals surface area contributed by atoms with Gasteiger partial charge in [-0.25, -0.2) is 0 Å². The maximum absolute atomic E-state index is 11.6. The number of carbonyl (C=O) groups is 1. The molecule has 0 aromatic carbocycles. The Labute approximate surface area is 124 Å². The summed E-state index contributed by atoms with van der Waals surface area (Å²) in [4.78, 5) is 13.8. The molecule has 6 heteroatoms. The topological polar surface area (TPSA) is 74.9 Å². The number of ether oxygens (including phenoxy) is 1. The molecule has 1 amide bonds. The highest BCUT2D eigenvalue weighted by molar-refractivity contribution is 5.91. The molecule has 0 bridgehead atoms. The summed E-state index contributed by atoms with van der Waals surface area (Å²) >= 11 is 0. The maximum Gasteiger partial charge on any atom is 0.244 e. The second kappa shape index (κ2) is 7.97. The maximum atomic E-state index is 11.6. The summed E-state index contributed by atoms with van der Waals surface area (Å²) < 4.78 is 10.6.